The molecule has 1 aromatic heterocycles. The molecule has 1 heterocycles. The summed E-state index contributed by atoms with van der Waals surface area (Å²) in [5.74, 6) is 0.649. The summed E-state index contributed by atoms with van der Waals surface area (Å²) in [5.41, 5.74) is 1.00. The molecule has 13 heavy (non-hydrogen) atoms. The minimum Gasteiger partial charge on any atom is -0.386 e. The maximum Gasteiger partial charge on any atom is 0.121 e. The zero-order valence-electron chi connectivity index (χ0n) is 8.45. The summed E-state index contributed by atoms with van der Waals surface area (Å²) >= 11 is 1.55. The summed E-state index contributed by atoms with van der Waals surface area (Å²) in [6.07, 6.45) is 1.52. The summed E-state index contributed by atoms with van der Waals surface area (Å²) in [5, 5.41) is 12.6. The molecule has 1 aromatic rings. The first-order chi connectivity index (χ1) is 6.09. The van der Waals surface area contributed by atoms with Crippen LogP contribution in [0.5, 0.6) is 0 Å². The van der Waals surface area contributed by atoms with Crippen LogP contribution in [0.4, 0.5) is 0 Å². The molecule has 0 fully saturated rings. The van der Waals surface area contributed by atoms with E-state index in [0.717, 1.165) is 23.5 Å². The van der Waals surface area contributed by atoms with Gasteiger partial charge in [0.1, 0.15) is 11.1 Å². The molecule has 0 aromatic carbocycles. The molecule has 1 unspecified atom stereocenters. The molecule has 0 radical (unpaired) electrons. The zero-order chi connectivity index (χ0) is 9.84. The Kier molecular flexibility index (Phi) is 3.88. The van der Waals surface area contributed by atoms with Crippen molar-refractivity contribution in [1.82, 2.24) is 4.98 Å². The molecule has 2 nitrogen and oxygen atoms in total. The molecule has 0 bridgehead atoms. The third kappa shape index (κ3) is 3.44. The Balaban J connectivity index is 2.44. The minimum atomic E-state index is -0.360. The fraction of sp³-hybridized carbons (Fsp3) is 0.700. The van der Waals surface area contributed by atoms with E-state index in [1.54, 1.807) is 11.3 Å². The van der Waals surface area contributed by atoms with Gasteiger partial charge in [-0.25, -0.2) is 4.98 Å². The SMILES string of the molecule is Cc1csc(C(O)CCC(C)C)n1. The molecule has 1 atom stereocenters. The highest BCUT2D eigenvalue weighted by molar-refractivity contribution is 7.09. The van der Waals surface area contributed by atoms with Gasteiger partial charge < -0.3 is 5.11 Å². The average Bonchev–Trinajstić information content (AvgIpc) is 2.47. The van der Waals surface area contributed by atoms with E-state index in [1.165, 1.54) is 0 Å². The largest absolute Gasteiger partial charge is 0.386 e. The molecular formula is C10H17NOS. The number of nitrogens with zero attached hydrogens (tertiary/aromatic N) is 1. The second-order valence-electron chi connectivity index (χ2n) is 3.81. The number of hydrogen-bond donors (Lipinski definition) is 1. The molecule has 0 saturated heterocycles. The van der Waals surface area contributed by atoms with Gasteiger partial charge in [0.25, 0.3) is 0 Å². The molecule has 0 spiro atoms. The van der Waals surface area contributed by atoms with Crippen LogP contribution in [-0.4, -0.2) is 10.1 Å². The quantitative estimate of drug-likeness (QED) is 0.808. The summed E-state index contributed by atoms with van der Waals surface area (Å²) in [7, 11) is 0. The van der Waals surface area contributed by atoms with Crippen LogP contribution in [0.2, 0.25) is 0 Å². The van der Waals surface area contributed by atoms with Crippen molar-refractivity contribution >= 4 is 11.3 Å². The highest BCUT2D eigenvalue weighted by Gasteiger charge is 2.11. The second kappa shape index (κ2) is 4.72. The lowest BCUT2D eigenvalue weighted by Gasteiger charge is -2.08. The molecule has 74 valence electrons. The van der Waals surface area contributed by atoms with E-state index in [2.05, 4.69) is 18.8 Å². The molecule has 3 heteroatoms. The maximum absolute atomic E-state index is 9.73. The fourth-order valence-corrected chi connectivity index (χ4v) is 1.96. The molecular weight excluding hydrogens is 182 g/mol. The number of aromatic nitrogens is 1. The Morgan fingerprint density at radius 3 is 2.62 bits per heavy atom. The van der Waals surface area contributed by atoms with E-state index in [4.69, 9.17) is 0 Å². The predicted octanol–water partition coefficient (Wildman–Crippen LogP) is 2.92. The van der Waals surface area contributed by atoms with Crippen molar-refractivity contribution in [1.29, 1.82) is 0 Å². The van der Waals surface area contributed by atoms with Crippen LogP contribution in [0.3, 0.4) is 0 Å². The topological polar surface area (TPSA) is 33.1 Å². The lowest BCUT2D eigenvalue weighted by molar-refractivity contribution is 0.158. The Labute approximate surface area is 83.6 Å². The molecule has 0 amide bonds. The third-order valence-corrected chi connectivity index (χ3v) is 3.00. The Morgan fingerprint density at radius 1 is 1.46 bits per heavy atom. The van der Waals surface area contributed by atoms with Crippen molar-refractivity contribution in [3.05, 3.63) is 16.1 Å². The first-order valence-electron chi connectivity index (χ1n) is 4.69. The van der Waals surface area contributed by atoms with Gasteiger partial charge in [-0.3, -0.25) is 0 Å². The summed E-state index contributed by atoms with van der Waals surface area (Å²) in [6.45, 7) is 6.29. The second-order valence-corrected chi connectivity index (χ2v) is 4.70. The van der Waals surface area contributed by atoms with Crippen molar-refractivity contribution in [2.75, 3.05) is 0 Å². The van der Waals surface area contributed by atoms with Gasteiger partial charge in [-0.05, 0) is 25.7 Å². The zero-order valence-corrected chi connectivity index (χ0v) is 9.27. The fourth-order valence-electron chi connectivity index (χ4n) is 1.14. The van der Waals surface area contributed by atoms with Crippen LogP contribution in [-0.2, 0) is 0 Å². The van der Waals surface area contributed by atoms with Crippen LogP contribution in [0, 0.1) is 12.8 Å². The van der Waals surface area contributed by atoms with E-state index < -0.39 is 0 Å². The van der Waals surface area contributed by atoms with Crippen LogP contribution >= 0.6 is 11.3 Å². The van der Waals surface area contributed by atoms with Crippen LogP contribution in [0.15, 0.2) is 5.38 Å². The molecule has 0 aliphatic carbocycles. The van der Waals surface area contributed by atoms with Crippen molar-refractivity contribution in [2.24, 2.45) is 5.92 Å². The van der Waals surface area contributed by atoms with Crippen LogP contribution in [0.1, 0.15) is 43.5 Å². The van der Waals surface area contributed by atoms with Gasteiger partial charge in [0, 0.05) is 11.1 Å². The predicted molar refractivity (Wildman–Crippen MR) is 55.9 cm³/mol. The van der Waals surface area contributed by atoms with E-state index in [1.807, 2.05) is 12.3 Å². The smallest absolute Gasteiger partial charge is 0.121 e. The van der Waals surface area contributed by atoms with Crippen molar-refractivity contribution in [3.8, 4) is 0 Å². The number of rotatable bonds is 4. The number of aliphatic hydroxyl groups excluding tert-OH is 1. The highest BCUT2D eigenvalue weighted by atomic mass is 32.1. The monoisotopic (exact) mass is 199 g/mol. The van der Waals surface area contributed by atoms with Gasteiger partial charge >= 0.3 is 0 Å². The van der Waals surface area contributed by atoms with Crippen molar-refractivity contribution in [3.63, 3.8) is 0 Å². The van der Waals surface area contributed by atoms with Crippen LogP contribution < -0.4 is 0 Å². The normalized spacial score (nSPS) is 13.6. The molecule has 0 aliphatic heterocycles. The number of thiazole rings is 1. The molecule has 1 N–H and O–H groups in total. The summed E-state index contributed by atoms with van der Waals surface area (Å²) in [4.78, 5) is 4.26. The van der Waals surface area contributed by atoms with Gasteiger partial charge in [-0.15, -0.1) is 11.3 Å². The lowest BCUT2D eigenvalue weighted by Crippen LogP contribution is -1.99. The van der Waals surface area contributed by atoms with Crippen molar-refractivity contribution < 1.29 is 5.11 Å². The summed E-state index contributed by atoms with van der Waals surface area (Å²) in [6, 6.07) is 0. The van der Waals surface area contributed by atoms with Gasteiger partial charge in [0.2, 0.25) is 0 Å². The summed E-state index contributed by atoms with van der Waals surface area (Å²) < 4.78 is 0. The van der Waals surface area contributed by atoms with E-state index in [0.29, 0.717) is 5.92 Å². The minimum absolute atomic E-state index is 0.360. The third-order valence-electron chi connectivity index (χ3n) is 1.94. The van der Waals surface area contributed by atoms with E-state index >= 15 is 0 Å². The number of aliphatic hydroxyl groups is 1. The van der Waals surface area contributed by atoms with Crippen molar-refractivity contribution in [2.45, 2.75) is 39.7 Å². The number of hydrogen-bond acceptors (Lipinski definition) is 3. The van der Waals surface area contributed by atoms with E-state index in [9.17, 15) is 5.11 Å². The van der Waals surface area contributed by atoms with Gasteiger partial charge in [0.15, 0.2) is 0 Å². The molecule has 0 aliphatic rings. The highest BCUT2D eigenvalue weighted by Crippen LogP contribution is 2.23. The lowest BCUT2D eigenvalue weighted by atomic mass is 10.1. The first-order valence-corrected chi connectivity index (χ1v) is 5.57. The van der Waals surface area contributed by atoms with Gasteiger partial charge in [-0.1, -0.05) is 13.8 Å². The number of aryl methyl sites for hydroxylation is 1. The molecule has 1 rings (SSSR count). The standard InChI is InChI=1S/C10H17NOS/c1-7(2)4-5-9(12)10-11-8(3)6-13-10/h6-7,9,12H,4-5H2,1-3H3. The maximum atomic E-state index is 9.73. The Morgan fingerprint density at radius 2 is 2.15 bits per heavy atom. The van der Waals surface area contributed by atoms with Crippen LogP contribution in [0.25, 0.3) is 0 Å². The Bertz CT molecular complexity index is 257. The van der Waals surface area contributed by atoms with Gasteiger partial charge in [-0.2, -0.15) is 0 Å². The van der Waals surface area contributed by atoms with Gasteiger partial charge in [0.05, 0.1) is 0 Å². The van der Waals surface area contributed by atoms with E-state index in [-0.39, 0.29) is 6.10 Å². The first kappa shape index (κ1) is 10.7. The molecule has 0 saturated carbocycles. The Hall–Kier alpha value is -0.410. The average molecular weight is 199 g/mol.